The van der Waals surface area contributed by atoms with E-state index in [0.717, 1.165) is 13.0 Å². The molecule has 108 valence electrons. The minimum absolute atomic E-state index is 0.592. The molecule has 1 rings (SSSR count). The highest BCUT2D eigenvalue weighted by atomic mass is 32.2. The number of hydrogen-bond acceptors (Lipinski definition) is 2. The quantitative estimate of drug-likeness (QED) is 0.759. The van der Waals surface area contributed by atoms with Crippen molar-refractivity contribution in [1.29, 1.82) is 0 Å². The Labute approximate surface area is 123 Å². The highest BCUT2D eigenvalue weighted by Crippen LogP contribution is 2.16. The van der Waals surface area contributed by atoms with E-state index in [-0.39, 0.29) is 0 Å². The van der Waals surface area contributed by atoms with Gasteiger partial charge in [0.05, 0.1) is 0 Å². The zero-order valence-electron chi connectivity index (χ0n) is 13.1. The Balaban J connectivity index is 2.61. The van der Waals surface area contributed by atoms with Crippen LogP contribution in [0.3, 0.4) is 0 Å². The number of rotatable bonds is 8. The maximum absolute atomic E-state index is 3.69. The summed E-state index contributed by atoms with van der Waals surface area (Å²) in [5.41, 5.74) is 4.25. The fraction of sp³-hybridized carbons (Fsp3) is 0.647. The van der Waals surface area contributed by atoms with Crippen molar-refractivity contribution >= 4 is 11.8 Å². The first-order valence-electron chi connectivity index (χ1n) is 7.44. The van der Waals surface area contributed by atoms with E-state index in [0.29, 0.717) is 11.3 Å². The molecule has 0 spiro atoms. The molecule has 0 heterocycles. The van der Waals surface area contributed by atoms with Crippen molar-refractivity contribution < 1.29 is 0 Å². The summed E-state index contributed by atoms with van der Waals surface area (Å²) < 4.78 is 0. The average Bonchev–Trinajstić information content (AvgIpc) is 2.37. The molecule has 19 heavy (non-hydrogen) atoms. The molecular weight excluding hydrogens is 250 g/mol. The third-order valence-corrected chi connectivity index (χ3v) is 4.63. The Morgan fingerprint density at radius 1 is 1.16 bits per heavy atom. The van der Waals surface area contributed by atoms with E-state index in [1.54, 1.807) is 0 Å². The van der Waals surface area contributed by atoms with Crippen LogP contribution in [0.15, 0.2) is 18.2 Å². The summed E-state index contributed by atoms with van der Waals surface area (Å²) in [6.07, 6.45) is 2.34. The van der Waals surface area contributed by atoms with Gasteiger partial charge in [-0.25, -0.2) is 0 Å². The third-order valence-electron chi connectivity index (χ3n) is 3.37. The highest BCUT2D eigenvalue weighted by Gasteiger charge is 2.10. The monoisotopic (exact) mass is 279 g/mol. The lowest BCUT2D eigenvalue weighted by atomic mass is 10.0. The van der Waals surface area contributed by atoms with Gasteiger partial charge in [-0.05, 0) is 55.2 Å². The lowest BCUT2D eigenvalue weighted by molar-refractivity contribution is 0.549. The van der Waals surface area contributed by atoms with Crippen LogP contribution in [0.5, 0.6) is 0 Å². The molecule has 1 nitrogen and oxygen atoms in total. The molecule has 1 atom stereocenters. The van der Waals surface area contributed by atoms with E-state index >= 15 is 0 Å². The van der Waals surface area contributed by atoms with Crippen molar-refractivity contribution in [1.82, 2.24) is 5.32 Å². The van der Waals surface area contributed by atoms with Gasteiger partial charge >= 0.3 is 0 Å². The van der Waals surface area contributed by atoms with Crippen molar-refractivity contribution in [2.75, 3.05) is 12.3 Å². The summed E-state index contributed by atoms with van der Waals surface area (Å²) in [6.45, 7) is 12.3. The third kappa shape index (κ3) is 6.49. The molecule has 0 aliphatic rings. The highest BCUT2D eigenvalue weighted by molar-refractivity contribution is 7.99. The molecule has 0 aliphatic heterocycles. The van der Waals surface area contributed by atoms with Gasteiger partial charge in [0, 0.05) is 11.8 Å². The normalized spacial score (nSPS) is 12.9. The zero-order valence-corrected chi connectivity index (χ0v) is 13.9. The predicted octanol–water partition coefficient (Wildman–Crippen LogP) is 4.36. The van der Waals surface area contributed by atoms with Crippen LogP contribution in [0.2, 0.25) is 0 Å². The zero-order chi connectivity index (χ0) is 14.3. The van der Waals surface area contributed by atoms with Crippen LogP contribution in [0.25, 0.3) is 0 Å². The van der Waals surface area contributed by atoms with Gasteiger partial charge in [-0.1, -0.05) is 39.0 Å². The predicted molar refractivity (Wildman–Crippen MR) is 89.3 cm³/mol. The summed E-state index contributed by atoms with van der Waals surface area (Å²) >= 11 is 2.05. The molecule has 1 unspecified atom stereocenters. The molecule has 0 saturated heterocycles. The summed E-state index contributed by atoms with van der Waals surface area (Å²) in [5, 5.41) is 4.40. The van der Waals surface area contributed by atoms with Crippen LogP contribution in [-0.2, 0) is 6.42 Å². The SMILES string of the molecule is CCCNC(CSC(C)C)Cc1ccc(C)c(C)c1. The Hall–Kier alpha value is -0.470. The summed E-state index contributed by atoms with van der Waals surface area (Å²) in [5.74, 6) is 1.20. The molecular formula is C17H29NS. The van der Waals surface area contributed by atoms with E-state index in [1.807, 2.05) is 0 Å². The van der Waals surface area contributed by atoms with Gasteiger partial charge in [0.2, 0.25) is 0 Å². The minimum Gasteiger partial charge on any atom is -0.313 e. The number of hydrogen-bond donors (Lipinski definition) is 1. The number of thioether (sulfide) groups is 1. The number of benzene rings is 1. The van der Waals surface area contributed by atoms with Crippen LogP contribution in [-0.4, -0.2) is 23.6 Å². The Kier molecular flexibility index (Phi) is 7.55. The second-order valence-corrected chi connectivity index (χ2v) is 7.27. The van der Waals surface area contributed by atoms with E-state index in [9.17, 15) is 0 Å². The van der Waals surface area contributed by atoms with Crippen LogP contribution in [0.1, 0.15) is 43.9 Å². The van der Waals surface area contributed by atoms with Gasteiger partial charge < -0.3 is 5.32 Å². The summed E-state index contributed by atoms with van der Waals surface area (Å²) in [7, 11) is 0. The molecule has 2 heteroatoms. The summed E-state index contributed by atoms with van der Waals surface area (Å²) in [6, 6.07) is 7.46. The van der Waals surface area contributed by atoms with Gasteiger partial charge in [-0.15, -0.1) is 0 Å². The van der Waals surface area contributed by atoms with Crippen molar-refractivity contribution in [3.63, 3.8) is 0 Å². The Morgan fingerprint density at radius 3 is 2.47 bits per heavy atom. The van der Waals surface area contributed by atoms with Crippen LogP contribution in [0, 0.1) is 13.8 Å². The standard InChI is InChI=1S/C17H29NS/c1-6-9-18-17(12-19-13(2)3)11-16-8-7-14(4)15(5)10-16/h7-8,10,13,17-18H,6,9,11-12H2,1-5H3. The first-order chi connectivity index (χ1) is 9.02. The Morgan fingerprint density at radius 2 is 1.89 bits per heavy atom. The molecule has 0 amide bonds. The summed E-state index contributed by atoms with van der Waals surface area (Å²) in [4.78, 5) is 0. The van der Waals surface area contributed by atoms with Gasteiger partial charge in [-0.3, -0.25) is 0 Å². The molecule has 0 aromatic heterocycles. The van der Waals surface area contributed by atoms with Crippen molar-refractivity contribution in [3.05, 3.63) is 34.9 Å². The minimum atomic E-state index is 0.592. The number of nitrogens with one attached hydrogen (secondary N) is 1. The second-order valence-electron chi connectivity index (χ2n) is 5.66. The molecule has 0 radical (unpaired) electrons. The molecule has 0 aliphatic carbocycles. The molecule has 1 aromatic carbocycles. The van der Waals surface area contributed by atoms with Crippen LogP contribution >= 0.6 is 11.8 Å². The smallest absolute Gasteiger partial charge is 0.0198 e. The van der Waals surface area contributed by atoms with Crippen LogP contribution < -0.4 is 5.32 Å². The average molecular weight is 279 g/mol. The largest absolute Gasteiger partial charge is 0.313 e. The van der Waals surface area contributed by atoms with Gasteiger partial charge in [0.15, 0.2) is 0 Å². The first-order valence-corrected chi connectivity index (χ1v) is 8.49. The maximum atomic E-state index is 3.69. The first kappa shape index (κ1) is 16.6. The van der Waals surface area contributed by atoms with E-state index in [2.05, 4.69) is 69.9 Å². The Bertz CT molecular complexity index is 374. The fourth-order valence-corrected chi connectivity index (χ4v) is 2.92. The fourth-order valence-electron chi connectivity index (χ4n) is 2.06. The van der Waals surface area contributed by atoms with Crippen LogP contribution in [0.4, 0.5) is 0 Å². The van der Waals surface area contributed by atoms with Gasteiger partial charge in [0.1, 0.15) is 0 Å². The molecule has 1 N–H and O–H groups in total. The van der Waals surface area contributed by atoms with E-state index in [1.165, 1.54) is 28.9 Å². The van der Waals surface area contributed by atoms with Crippen molar-refractivity contribution in [3.8, 4) is 0 Å². The van der Waals surface area contributed by atoms with E-state index in [4.69, 9.17) is 0 Å². The van der Waals surface area contributed by atoms with Gasteiger partial charge in [0.25, 0.3) is 0 Å². The molecule has 0 fully saturated rings. The second kappa shape index (κ2) is 8.65. The molecule has 0 bridgehead atoms. The lowest BCUT2D eigenvalue weighted by Crippen LogP contribution is -2.34. The molecule has 1 aromatic rings. The lowest BCUT2D eigenvalue weighted by Gasteiger charge is -2.20. The maximum Gasteiger partial charge on any atom is 0.0198 e. The topological polar surface area (TPSA) is 12.0 Å². The number of aryl methyl sites for hydroxylation is 2. The van der Waals surface area contributed by atoms with Crippen molar-refractivity contribution in [2.45, 2.75) is 58.8 Å². The molecule has 0 saturated carbocycles. The van der Waals surface area contributed by atoms with Gasteiger partial charge in [-0.2, -0.15) is 11.8 Å². The van der Waals surface area contributed by atoms with E-state index < -0.39 is 0 Å². The van der Waals surface area contributed by atoms with Crippen molar-refractivity contribution in [2.24, 2.45) is 0 Å².